The van der Waals surface area contributed by atoms with Crippen LogP contribution < -0.4 is 0 Å². The van der Waals surface area contributed by atoms with E-state index in [1.54, 1.807) is 6.07 Å². The lowest BCUT2D eigenvalue weighted by atomic mass is 10.1. The molecule has 0 heterocycles. The summed E-state index contributed by atoms with van der Waals surface area (Å²) >= 11 is 0. The number of benzene rings is 1. The first-order chi connectivity index (χ1) is 6.85. The van der Waals surface area contributed by atoms with Gasteiger partial charge in [0.2, 0.25) is 0 Å². The third-order valence-corrected chi connectivity index (χ3v) is 2.51. The van der Waals surface area contributed by atoms with Crippen molar-refractivity contribution in [1.82, 2.24) is 0 Å². The van der Waals surface area contributed by atoms with Crippen molar-refractivity contribution in [3.63, 3.8) is 0 Å². The fourth-order valence-electron chi connectivity index (χ4n) is 1.85. The molecule has 1 aliphatic rings. The maximum atomic E-state index is 8.71. The first-order valence-corrected chi connectivity index (χ1v) is 4.42. The zero-order chi connectivity index (χ0) is 9.97. The molecule has 68 valence electrons. The first-order valence-electron chi connectivity index (χ1n) is 4.42. The highest BCUT2D eigenvalue weighted by Crippen LogP contribution is 2.34. The largest absolute Gasteiger partial charge is 0.192 e. The summed E-state index contributed by atoms with van der Waals surface area (Å²) in [5.41, 5.74) is 11.2. The molecule has 0 aliphatic heterocycles. The van der Waals surface area contributed by atoms with E-state index in [9.17, 15) is 0 Å². The zero-order valence-corrected chi connectivity index (χ0v) is 7.51. The van der Waals surface area contributed by atoms with Gasteiger partial charge in [0.05, 0.1) is 17.7 Å². The van der Waals surface area contributed by atoms with Crippen LogP contribution in [0.3, 0.4) is 0 Å². The summed E-state index contributed by atoms with van der Waals surface area (Å²) in [5, 5.41) is 12.4. The van der Waals surface area contributed by atoms with Crippen LogP contribution in [0.4, 0.5) is 0 Å². The second kappa shape index (κ2) is 3.41. The van der Waals surface area contributed by atoms with Crippen LogP contribution in [-0.4, -0.2) is 0 Å². The van der Waals surface area contributed by atoms with Crippen LogP contribution in [0.2, 0.25) is 0 Å². The number of nitrogens with zero attached hydrogens (tertiary/aromatic N) is 4. The SMILES string of the molecule is N#Cc1ccc2c(c1)CCC2N=[N+]=[N-]. The number of aryl methyl sites for hydroxylation is 1. The Balaban J connectivity index is 2.44. The zero-order valence-electron chi connectivity index (χ0n) is 7.51. The predicted molar refractivity (Wildman–Crippen MR) is 51.4 cm³/mol. The highest BCUT2D eigenvalue weighted by molar-refractivity contribution is 5.42. The Morgan fingerprint density at radius 1 is 1.57 bits per heavy atom. The second-order valence-corrected chi connectivity index (χ2v) is 3.28. The average molecular weight is 184 g/mol. The molecule has 2 rings (SSSR count). The van der Waals surface area contributed by atoms with E-state index in [4.69, 9.17) is 10.8 Å². The van der Waals surface area contributed by atoms with Crippen LogP contribution in [0.25, 0.3) is 10.4 Å². The van der Waals surface area contributed by atoms with Gasteiger partial charge >= 0.3 is 0 Å². The maximum absolute atomic E-state index is 8.71. The standard InChI is InChI=1S/C10H8N4/c11-6-7-1-3-9-8(5-7)2-4-10(9)13-14-12/h1,3,5,10H,2,4H2. The number of fused-ring (bicyclic) bond motifs is 1. The quantitative estimate of drug-likeness (QED) is 0.375. The van der Waals surface area contributed by atoms with Gasteiger partial charge in [-0.05, 0) is 41.6 Å². The van der Waals surface area contributed by atoms with Crippen molar-refractivity contribution in [3.8, 4) is 6.07 Å². The fourth-order valence-corrected chi connectivity index (χ4v) is 1.85. The molecule has 0 bridgehead atoms. The molecule has 0 saturated carbocycles. The Morgan fingerprint density at radius 2 is 2.43 bits per heavy atom. The van der Waals surface area contributed by atoms with Gasteiger partial charge in [0, 0.05) is 4.91 Å². The Bertz CT molecular complexity index is 452. The third kappa shape index (κ3) is 1.30. The maximum Gasteiger partial charge on any atom is 0.0991 e. The lowest BCUT2D eigenvalue weighted by Gasteiger charge is -2.02. The highest BCUT2D eigenvalue weighted by Gasteiger charge is 2.21. The molecule has 0 fully saturated rings. The summed E-state index contributed by atoms with van der Waals surface area (Å²) < 4.78 is 0. The van der Waals surface area contributed by atoms with Gasteiger partial charge in [-0.3, -0.25) is 0 Å². The molecule has 4 nitrogen and oxygen atoms in total. The van der Waals surface area contributed by atoms with E-state index in [2.05, 4.69) is 16.1 Å². The monoisotopic (exact) mass is 184 g/mol. The molecular formula is C10H8N4. The third-order valence-electron chi connectivity index (χ3n) is 2.51. The summed E-state index contributed by atoms with van der Waals surface area (Å²) in [6.07, 6.45) is 1.75. The Kier molecular flexibility index (Phi) is 2.10. The van der Waals surface area contributed by atoms with E-state index in [1.165, 1.54) is 0 Å². The molecule has 0 spiro atoms. The smallest absolute Gasteiger partial charge is 0.0991 e. The van der Waals surface area contributed by atoms with Crippen LogP contribution in [0, 0.1) is 11.3 Å². The van der Waals surface area contributed by atoms with E-state index < -0.39 is 0 Å². The van der Waals surface area contributed by atoms with Crippen molar-refractivity contribution in [2.75, 3.05) is 0 Å². The molecule has 0 radical (unpaired) electrons. The molecule has 1 unspecified atom stereocenters. The lowest BCUT2D eigenvalue weighted by molar-refractivity contribution is 0.707. The highest BCUT2D eigenvalue weighted by atomic mass is 15.1. The molecule has 14 heavy (non-hydrogen) atoms. The molecule has 4 heteroatoms. The van der Waals surface area contributed by atoms with Gasteiger partial charge in [-0.25, -0.2) is 0 Å². The van der Waals surface area contributed by atoms with Crippen LogP contribution in [0.1, 0.15) is 29.2 Å². The molecule has 0 saturated heterocycles. The summed E-state index contributed by atoms with van der Waals surface area (Å²) in [5.74, 6) is 0. The number of nitriles is 1. The molecule has 0 aromatic heterocycles. The van der Waals surface area contributed by atoms with E-state index in [1.807, 2.05) is 12.1 Å². The normalized spacial score (nSPS) is 18.1. The summed E-state index contributed by atoms with van der Waals surface area (Å²) in [4.78, 5) is 2.82. The lowest BCUT2D eigenvalue weighted by Crippen LogP contribution is -1.87. The molecular weight excluding hydrogens is 176 g/mol. The molecule has 1 aromatic carbocycles. The molecule has 0 N–H and O–H groups in total. The summed E-state index contributed by atoms with van der Waals surface area (Å²) in [6, 6.07) is 7.60. The minimum Gasteiger partial charge on any atom is -0.192 e. The number of hydrogen-bond acceptors (Lipinski definition) is 2. The first kappa shape index (κ1) is 8.61. The van der Waals surface area contributed by atoms with Gasteiger partial charge < -0.3 is 0 Å². The molecule has 0 amide bonds. The van der Waals surface area contributed by atoms with Crippen molar-refractivity contribution in [2.24, 2.45) is 5.11 Å². The Morgan fingerprint density at radius 3 is 3.14 bits per heavy atom. The van der Waals surface area contributed by atoms with Gasteiger partial charge in [0.25, 0.3) is 0 Å². The molecule has 1 aliphatic carbocycles. The minimum absolute atomic E-state index is 0.0391. The van der Waals surface area contributed by atoms with Crippen LogP contribution in [0.5, 0.6) is 0 Å². The summed E-state index contributed by atoms with van der Waals surface area (Å²) in [7, 11) is 0. The van der Waals surface area contributed by atoms with Gasteiger partial charge in [-0.15, -0.1) is 0 Å². The van der Waals surface area contributed by atoms with Crippen molar-refractivity contribution in [3.05, 3.63) is 45.3 Å². The van der Waals surface area contributed by atoms with Gasteiger partial charge in [0.1, 0.15) is 0 Å². The minimum atomic E-state index is -0.0391. The van der Waals surface area contributed by atoms with Crippen LogP contribution in [-0.2, 0) is 6.42 Å². The predicted octanol–water partition coefficient (Wildman–Crippen LogP) is 2.86. The van der Waals surface area contributed by atoms with Crippen molar-refractivity contribution in [1.29, 1.82) is 5.26 Å². The van der Waals surface area contributed by atoms with Crippen molar-refractivity contribution >= 4 is 0 Å². The topological polar surface area (TPSA) is 72.5 Å². The van der Waals surface area contributed by atoms with Crippen molar-refractivity contribution < 1.29 is 0 Å². The number of azide groups is 1. The summed E-state index contributed by atoms with van der Waals surface area (Å²) in [6.45, 7) is 0. The van der Waals surface area contributed by atoms with E-state index in [-0.39, 0.29) is 6.04 Å². The number of hydrogen-bond donors (Lipinski definition) is 0. The number of rotatable bonds is 1. The van der Waals surface area contributed by atoms with Gasteiger partial charge in [-0.1, -0.05) is 11.2 Å². The van der Waals surface area contributed by atoms with Gasteiger partial charge in [-0.2, -0.15) is 5.26 Å². The Hall–Kier alpha value is -1.98. The molecule has 1 aromatic rings. The van der Waals surface area contributed by atoms with E-state index in [0.29, 0.717) is 5.56 Å². The van der Waals surface area contributed by atoms with E-state index in [0.717, 1.165) is 24.0 Å². The fraction of sp³-hybridized carbons (Fsp3) is 0.300. The second-order valence-electron chi connectivity index (χ2n) is 3.28. The average Bonchev–Trinajstić information content (AvgIpc) is 2.61. The van der Waals surface area contributed by atoms with E-state index >= 15 is 0 Å². The Labute approximate surface area is 81.4 Å². The molecule has 1 atom stereocenters. The van der Waals surface area contributed by atoms with Gasteiger partial charge in [0.15, 0.2) is 0 Å². The van der Waals surface area contributed by atoms with Crippen LogP contribution in [0.15, 0.2) is 23.3 Å². The van der Waals surface area contributed by atoms with Crippen molar-refractivity contribution in [2.45, 2.75) is 18.9 Å². The van der Waals surface area contributed by atoms with Crippen LogP contribution >= 0.6 is 0 Å².